The molecule has 58 valence electrons. The third kappa shape index (κ3) is 2.51. The van der Waals surface area contributed by atoms with Gasteiger partial charge in [0, 0.05) is 17.5 Å². The summed E-state index contributed by atoms with van der Waals surface area (Å²) in [4.78, 5) is 14.7. The molecule has 0 atom stereocenters. The molecule has 1 heterocycles. The van der Waals surface area contributed by atoms with Crippen LogP contribution in [0.4, 0.5) is 5.13 Å². The maximum Gasteiger partial charge on any atom is 0.180 e. The van der Waals surface area contributed by atoms with E-state index in [1.165, 1.54) is 11.3 Å². The smallest absolute Gasteiger partial charge is 0.180 e. The lowest BCUT2D eigenvalue weighted by Crippen LogP contribution is -1.77. The second kappa shape index (κ2) is 3.88. The lowest BCUT2D eigenvalue weighted by Gasteiger charge is -1.78. The maximum absolute atomic E-state index is 9.91. The Morgan fingerprint density at radius 2 is 2.55 bits per heavy atom. The molecule has 0 radical (unpaired) electrons. The average Bonchev–Trinajstić information content (AvgIpc) is 2.37. The van der Waals surface area contributed by atoms with Crippen LogP contribution in [0.5, 0.6) is 0 Å². The molecule has 1 aromatic rings. The summed E-state index contributed by atoms with van der Waals surface area (Å²) < 4.78 is 0. The number of carbonyl (C=O) groups is 1. The van der Waals surface area contributed by atoms with Crippen LogP contribution >= 0.6 is 11.3 Å². The topological polar surface area (TPSA) is 56.0 Å². The summed E-state index contributed by atoms with van der Waals surface area (Å²) in [7, 11) is 0. The third-order valence-corrected chi connectivity index (χ3v) is 1.85. The van der Waals surface area contributed by atoms with E-state index in [-0.39, 0.29) is 0 Å². The van der Waals surface area contributed by atoms with Gasteiger partial charge in [-0.2, -0.15) is 0 Å². The summed E-state index contributed by atoms with van der Waals surface area (Å²) in [5, 5.41) is 0.552. The fourth-order valence-corrected chi connectivity index (χ4v) is 1.23. The largest absolute Gasteiger partial charge is 0.375 e. The van der Waals surface area contributed by atoms with Gasteiger partial charge in [0.15, 0.2) is 5.13 Å². The van der Waals surface area contributed by atoms with Crippen molar-refractivity contribution in [3.05, 3.63) is 17.2 Å². The lowest BCUT2D eigenvalue weighted by atomic mass is 10.4. The van der Waals surface area contributed by atoms with Crippen LogP contribution in [0.15, 0.2) is 12.3 Å². The van der Waals surface area contributed by atoms with Crippen molar-refractivity contribution in [3.63, 3.8) is 0 Å². The molecule has 0 fully saturated rings. The van der Waals surface area contributed by atoms with E-state index in [1.807, 2.05) is 6.08 Å². The van der Waals surface area contributed by atoms with Gasteiger partial charge in [-0.25, -0.2) is 4.98 Å². The molecule has 0 saturated carbocycles. The minimum Gasteiger partial charge on any atom is -0.375 e. The average molecular weight is 168 g/mol. The van der Waals surface area contributed by atoms with Crippen molar-refractivity contribution in [1.82, 2.24) is 4.98 Å². The number of rotatable bonds is 3. The fraction of sp³-hybridized carbons (Fsp3) is 0.143. The first-order chi connectivity index (χ1) is 5.33. The van der Waals surface area contributed by atoms with E-state index in [0.717, 1.165) is 11.2 Å². The highest BCUT2D eigenvalue weighted by Crippen LogP contribution is 2.15. The third-order valence-electron chi connectivity index (χ3n) is 1.06. The van der Waals surface area contributed by atoms with Gasteiger partial charge in [-0.1, -0.05) is 17.4 Å². The molecule has 1 rings (SSSR count). The fourth-order valence-electron chi connectivity index (χ4n) is 0.617. The molecule has 0 aliphatic heterocycles. The monoisotopic (exact) mass is 168 g/mol. The van der Waals surface area contributed by atoms with Crippen LogP contribution in [0.1, 0.15) is 11.3 Å². The van der Waals surface area contributed by atoms with Crippen LogP contribution < -0.4 is 5.73 Å². The highest BCUT2D eigenvalue weighted by atomic mass is 32.1. The number of aromatic nitrogens is 1. The number of hydrogen-bond donors (Lipinski definition) is 1. The zero-order valence-electron chi connectivity index (χ0n) is 5.86. The number of thiazole rings is 1. The first-order valence-corrected chi connectivity index (χ1v) is 3.96. The second-order valence-electron chi connectivity index (χ2n) is 1.91. The zero-order chi connectivity index (χ0) is 8.10. The Balaban J connectivity index is 2.56. The van der Waals surface area contributed by atoms with Crippen molar-refractivity contribution in [2.75, 3.05) is 5.73 Å². The van der Waals surface area contributed by atoms with Gasteiger partial charge in [-0.15, -0.1) is 0 Å². The van der Waals surface area contributed by atoms with E-state index in [1.54, 1.807) is 12.3 Å². The molecule has 11 heavy (non-hydrogen) atoms. The van der Waals surface area contributed by atoms with Crippen LogP contribution in [0.2, 0.25) is 0 Å². The minimum atomic E-state index is 0.442. The van der Waals surface area contributed by atoms with Crippen molar-refractivity contribution in [1.29, 1.82) is 0 Å². The summed E-state index contributed by atoms with van der Waals surface area (Å²) >= 11 is 1.40. The van der Waals surface area contributed by atoms with Crippen molar-refractivity contribution in [3.8, 4) is 0 Å². The predicted molar refractivity (Wildman–Crippen MR) is 46.2 cm³/mol. The molecule has 0 spiro atoms. The molecule has 1 aromatic heterocycles. The van der Waals surface area contributed by atoms with Gasteiger partial charge in [-0.05, 0) is 6.08 Å². The Bertz CT molecular complexity index is 267. The van der Waals surface area contributed by atoms with Gasteiger partial charge in [0.25, 0.3) is 0 Å². The second-order valence-corrected chi connectivity index (χ2v) is 3.00. The minimum absolute atomic E-state index is 0.442. The summed E-state index contributed by atoms with van der Waals surface area (Å²) in [5.74, 6) is 0. The van der Waals surface area contributed by atoms with Gasteiger partial charge in [-0.3, -0.25) is 0 Å². The quantitative estimate of drug-likeness (QED) is 0.692. The number of hydrogen-bond acceptors (Lipinski definition) is 4. The van der Waals surface area contributed by atoms with E-state index in [4.69, 9.17) is 5.73 Å². The highest BCUT2D eigenvalue weighted by molar-refractivity contribution is 7.16. The van der Waals surface area contributed by atoms with Crippen molar-refractivity contribution >= 4 is 28.8 Å². The van der Waals surface area contributed by atoms with Gasteiger partial charge in [0.1, 0.15) is 6.29 Å². The first-order valence-electron chi connectivity index (χ1n) is 3.14. The Morgan fingerprint density at radius 1 is 1.73 bits per heavy atom. The first kappa shape index (κ1) is 7.94. The van der Waals surface area contributed by atoms with Crippen LogP contribution in [0.3, 0.4) is 0 Å². The number of allylic oxidation sites excluding steroid dienone is 1. The van der Waals surface area contributed by atoms with Crippen LogP contribution in [0.25, 0.3) is 6.08 Å². The van der Waals surface area contributed by atoms with Crippen molar-refractivity contribution in [2.45, 2.75) is 6.42 Å². The lowest BCUT2D eigenvalue weighted by molar-refractivity contribution is -0.107. The molecular weight excluding hydrogens is 160 g/mol. The Kier molecular flexibility index (Phi) is 2.80. The molecule has 0 aromatic carbocycles. The van der Waals surface area contributed by atoms with Crippen molar-refractivity contribution < 1.29 is 4.79 Å². The van der Waals surface area contributed by atoms with E-state index < -0.39 is 0 Å². The Hall–Kier alpha value is -1.16. The molecular formula is C7H8N2OS. The summed E-state index contributed by atoms with van der Waals surface area (Å²) in [5.41, 5.74) is 5.39. The molecule has 4 heteroatoms. The van der Waals surface area contributed by atoms with Gasteiger partial charge in [0.05, 0.1) is 0 Å². The van der Waals surface area contributed by atoms with Crippen LogP contribution in [0, 0.1) is 0 Å². The number of nitrogens with zero attached hydrogens (tertiary/aromatic N) is 1. The molecule has 0 aliphatic carbocycles. The maximum atomic E-state index is 9.91. The molecule has 0 amide bonds. The standard InChI is InChI=1S/C7H8N2OS/c8-7-9-5-6(11-7)3-1-2-4-10/h1,3-5H,2H2,(H2,8,9). The SMILES string of the molecule is Nc1ncc(C=CCC=O)s1. The van der Waals surface area contributed by atoms with E-state index >= 15 is 0 Å². The number of nitrogens with two attached hydrogens (primary N) is 1. The van der Waals surface area contributed by atoms with Gasteiger partial charge >= 0.3 is 0 Å². The number of anilines is 1. The van der Waals surface area contributed by atoms with Gasteiger partial charge in [0.2, 0.25) is 0 Å². The zero-order valence-corrected chi connectivity index (χ0v) is 6.67. The number of nitrogen functional groups attached to an aromatic ring is 1. The number of aldehydes is 1. The van der Waals surface area contributed by atoms with Gasteiger partial charge < -0.3 is 10.5 Å². The predicted octanol–water partition coefficient (Wildman–Crippen LogP) is 1.33. The summed E-state index contributed by atoms with van der Waals surface area (Å²) in [6.45, 7) is 0. The molecule has 3 nitrogen and oxygen atoms in total. The molecule has 0 bridgehead atoms. The van der Waals surface area contributed by atoms with Crippen LogP contribution in [-0.2, 0) is 4.79 Å². The number of carbonyl (C=O) groups excluding carboxylic acids is 1. The Labute approximate surface area is 68.6 Å². The molecule has 0 unspecified atom stereocenters. The van der Waals surface area contributed by atoms with Crippen molar-refractivity contribution in [2.24, 2.45) is 0 Å². The molecule has 0 saturated heterocycles. The molecule has 0 aliphatic rings. The van der Waals surface area contributed by atoms with E-state index in [0.29, 0.717) is 11.6 Å². The van der Waals surface area contributed by atoms with E-state index in [2.05, 4.69) is 4.98 Å². The molecule has 2 N–H and O–H groups in total. The highest BCUT2D eigenvalue weighted by Gasteiger charge is 1.91. The normalized spacial score (nSPS) is 10.5. The van der Waals surface area contributed by atoms with E-state index in [9.17, 15) is 4.79 Å². The Morgan fingerprint density at radius 3 is 3.09 bits per heavy atom. The summed E-state index contributed by atoms with van der Waals surface area (Å²) in [6, 6.07) is 0. The van der Waals surface area contributed by atoms with Crippen LogP contribution in [-0.4, -0.2) is 11.3 Å². The summed E-state index contributed by atoms with van der Waals surface area (Å²) in [6.07, 6.45) is 6.59.